The fourth-order valence-electron chi connectivity index (χ4n) is 3.43. The molecule has 1 heterocycles. The van der Waals surface area contributed by atoms with Gasteiger partial charge in [0.1, 0.15) is 16.6 Å². The average Bonchev–Trinajstić information content (AvgIpc) is 3.20. The minimum atomic E-state index is -0.635. The highest BCUT2D eigenvalue weighted by atomic mass is 16.1. The molecular weight excluding hydrogens is 298 g/mol. The molecule has 4 nitrogen and oxygen atoms in total. The number of rotatable bonds is 4. The summed E-state index contributed by atoms with van der Waals surface area (Å²) < 4.78 is 0. The van der Waals surface area contributed by atoms with Gasteiger partial charge in [-0.15, -0.1) is 0 Å². The summed E-state index contributed by atoms with van der Waals surface area (Å²) in [5.41, 5.74) is 2.17. The van der Waals surface area contributed by atoms with Crippen LogP contribution < -0.4 is 0 Å². The Morgan fingerprint density at radius 1 is 1.00 bits per heavy atom. The summed E-state index contributed by atoms with van der Waals surface area (Å²) in [6.45, 7) is 0. The minimum absolute atomic E-state index is 0.237. The van der Waals surface area contributed by atoms with E-state index in [2.05, 4.69) is 34.5 Å². The molecule has 1 aliphatic carbocycles. The summed E-state index contributed by atoms with van der Waals surface area (Å²) >= 11 is 0. The molecule has 1 atom stereocenters. The van der Waals surface area contributed by atoms with E-state index in [0.717, 1.165) is 29.4 Å². The predicted molar refractivity (Wildman–Crippen MR) is 94.5 cm³/mol. The van der Waals surface area contributed by atoms with Crippen LogP contribution in [-0.4, -0.2) is 20.8 Å². The van der Waals surface area contributed by atoms with Crippen molar-refractivity contribution in [1.82, 2.24) is 15.0 Å². The van der Waals surface area contributed by atoms with Gasteiger partial charge in [0, 0.05) is 6.42 Å². The third kappa shape index (κ3) is 2.54. The molecular formula is C20H19N3O. The Kier molecular flexibility index (Phi) is 3.73. The number of hydrogen-bond donors (Lipinski definition) is 0. The van der Waals surface area contributed by atoms with Crippen LogP contribution in [0.4, 0.5) is 0 Å². The summed E-state index contributed by atoms with van der Waals surface area (Å²) in [5, 5.41) is 9.19. The molecule has 1 aromatic heterocycles. The highest BCUT2D eigenvalue weighted by molar-refractivity contribution is 5.89. The van der Waals surface area contributed by atoms with E-state index >= 15 is 0 Å². The van der Waals surface area contributed by atoms with Crippen LogP contribution in [0.15, 0.2) is 60.7 Å². The minimum Gasteiger partial charge on any atom is -0.297 e. The van der Waals surface area contributed by atoms with Crippen LogP contribution in [-0.2, 0) is 10.3 Å². The van der Waals surface area contributed by atoms with Crippen molar-refractivity contribution in [3.05, 3.63) is 66.2 Å². The van der Waals surface area contributed by atoms with Gasteiger partial charge in [0.05, 0.1) is 0 Å². The lowest BCUT2D eigenvalue weighted by Crippen LogP contribution is -2.39. The second kappa shape index (κ2) is 6.04. The van der Waals surface area contributed by atoms with Crippen LogP contribution in [0.3, 0.4) is 0 Å². The smallest absolute Gasteiger partial charge is 0.162 e. The van der Waals surface area contributed by atoms with E-state index in [4.69, 9.17) is 0 Å². The van der Waals surface area contributed by atoms with Crippen LogP contribution in [0.5, 0.6) is 0 Å². The lowest BCUT2D eigenvalue weighted by atomic mass is 9.92. The second-order valence-electron chi connectivity index (χ2n) is 6.30. The van der Waals surface area contributed by atoms with E-state index < -0.39 is 5.54 Å². The molecule has 4 heteroatoms. The lowest BCUT2D eigenvalue weighted by Gasteiger charge is -2.24. The Bertz CT molecular complexity index is 864. The molecule has 2 aromatic carbocycles. The van der Waals surface area contributed by atoms with Crippen molar-refractivity contribution in [2.45, 2.75) is 31.2 Å². The number of Topliss-reactive ketones (excluding diaryl/α,β-unsaturated/α-hetero) is 1. The fraction of sp³-hybridized carbons (Fsp3) is 0.250. The number of allylic oxidation sites excluding steroid dienone is 1. The maximum absolute atomic E-state index is 12.7. The fourth-order valence-corrected chi connectivity index (χ4v) is 3.43. The van der Waals surface area contributed by atoms with Crippen LogP contribution in [0.1, 0.15) is 31.2 Å². The standard InChI is InChI=1S/C20H19N3O/c24-19-13-7-15-20(19,14-6-10-16-8-2-1-3-9-16)23-21-17-11-4-5-12-18(17)22-23/h1-6,8-12H,7,13-15H2/b10-6+. The van der Waals surface area contributed by atoms with Crippen molar-refractivity contribution in [2.24, 2.45) is 0 Å². The molecule has 1 fully saturated rings. The quantitative estimate of drug-likeness (QED) is 0.731. The van der Waals surface area contributed by atoms with E-state index in [9.17, 15) is 4.79 Å². The molecule has 1 aliphatic rings. The van der Waals surface area contributed by atoms with Crippen molar-refractivity contribution in [2.75, 3.05) is 0 Å². The molecule has 1 unspecified atom stereocenters. The molecule has 0 saturated heterocycles. The number of benzene rings is 2. The number of fused-ring (bicyclic) bond motifs is 1. The van der Waals surface area contributed by atoms with Gasteiger partial charge in [0.25, 0.3) is 0 Å². The molecule has 0 amide bonds. The Morgan fingerprint density at radius 3 is 2.29 bits per heavy atom. The molecule has 0 bridgehead atoms. The van der Waals surface area contributed by atoms with Crippen molar-refractivity contribution in [1.29, 1.82) is 0 Å². The van der Waals surface area contributed by atoms with Gasteiger partial charge in [-0.05, 0) is 37.0 Å². The molecule has 1 saturated carbocycles. The maximum atomic E-state index is 12.7. The molecule has 0 spiro atoms. The Balaban J connectivity index is 1.68. The van der Waals surface area contributed by atoms with E-state index in [-0.39, 0.29) is 5.78 Å². The average molecular weight is 317 g/mol. The van der Waals surface area contributed by atoms with Crippen LogP contribution in [0.25, 0.3) is 17.1 Å². The number of hydrogen-bond acceptors (Lipinski definition) is 3. The largest absolute Gasteiger partial charge is 0.297 e. The first-order valence-electron chi connectivity index (χ1n) is 8.35. The molecule has 0 aliphatic heterocycles. The first-order valence-corrected chi connectivity index (χ1v) is 8.35. The summed E-state index contributed by atoms with van der Waals surface area (Å²) in [6.07, 6.45) is 7.07. The van der Waals surface area contributed by atoms with Crippen molar-refractivity contribution < 1.29 is 4.79 Å². The van der Waals surface area contributed by atoms with Gasteiger partial charge in [0.15, 0.2) is 5.78 Å². The SMILES string of the molecule is O=C1CCCC1(C/C=C/c1ccccc1)n1nc2ccccc2n1. The van der Waals surface area contributed by atoms with Crippen molar-refractivity contribution in [3.8, 4) is 0 Å². The predicted octanol–water partition coefficient (Wildman–Crippen LogP) is 3.98. The van der Waals surface area contributed by atoms with Gasteiger partial charge in [-0.25, -0.2) is 0 Å². The normalized spacial score (nSPS) is 21.1. The second-order valence-corrected chi connectivity index (χ2v) is 6.30. The molecule has 24 heavy (non-hydrogen) atoms. The number of nitrogens with zero attached hydrogens (tertiary/aromatic N) is 3. The van der Waals surface area contributed by atoms with Gasteiger partial charge in [-0.3, -0.25) is 4.79 Å². The van der Waals surface area contributed by atoms with Crippen LogP contribution >= 0.6 is 0 Å². The summed E-state index contributed by atoms with van der Waals surface area (Å²) in [6, 6.07) is 17.9. The number of ketones is 1. The molecule has 3 aromatic rings. The van der Waals surface area contributed by atoms with Gasteiger partial charge in [-0.2, -0.15) is 15.0 Å². The topological polar surface area (TPSA) is 47.8 Å². The molecule has 0 N–H and O–H groups in total. The zero-order chi connectivity index (χ0) is 16.4. The summed E-state index contributed by atoms with van der Waals surface area (Å²) in [7, 11) is 0. The van der Waals surface area contributed by atoms with Gasteiger partial charge in [-0.1, -0.05) is 54.6 Å². The summed E-state index contributed by atoms with van der Waals surface area (Å²) in [5.74, 6) is 0.237. The zero-order valence-electron chi connectivity index (χ0n) is 13.4. The third-order valence-corrected chi connectivity index (χ3v) is 4.75. The lowest BCUT2D eigenvalue weighted by molar-refractivity contribution is -0.125. The maximum Gasteiger partial charge on any atom is 0.162 e. The first kappa shape index (κ1) is 14.8. The van der Waals surface area contributed by atoms with Gasteiger partial charge < -0.3 is 0 Å². The number of carbonyl (C=O) groups excluding carboxylic acids is 1. The highest BCUT2D eigenvalue weighted by Gasteiger charge is 2.44. The number of carbonyl (C=O) groups is 1. The Labute approximate surface area is 140 Å². The van der Waals surface area contributed by atoms with E-state index in [1.165, 1.54) is 0 Å². The van der Waals surface area contributed by atoms with Gasteiger partial charge in [0.2, 0.25) is 0 Å². The van der Waals surface area contributed by atoms with E-state index in [0.29, 0.717) is 12.8 Å². The van der Waals surface area contributed by atoms with Crippen LogP contribution in [0.2, 0.25) is 0 Å². The van der Waals surface area contributed by atoms with Gasteiger partial charge >= 0.3 is 0 Å². The summed E-state index contributed by atoms with van der Waals surface area (Å²) in [4.78, 5) is 14.4. The Morgan fingerprint density at radius 2 is 1.67 bits per heavy atom. The molecule has 0 radical (unpaired) electrons. The molecule has 120 valence electrons. The van der Waals surface area contributed by atoms with E-state index in [1.807, 2.05) is 42.5 Å². The third-order valence-electron chi connectivity index (χ3n) is 4.75. The van der Waals surface area contributed by atoms with E-state index in [1.54, 1.807) is 4.80 Å². The first-order chi connectivity index (χ1) is 11.8. The monoisotopic (exact) mass is 317 g/mol. The molecule has 4 rings (SSSR count). The van der Waals surface area contributed by atoms with Crippen LogP contribution in [0, 0.1) is 0 Å². The zero-order valence-corrected chi connectivity index (χ0v) is 13.4. The Hall–Kier alpha value is -2.75. The van der Waals surface area contributed by atoms with Crippen molar-refractivity contribution in [3.63, 3.8) is 0 Å². The van der Waals surface area contributed by atoms with Crippen molar-refractivity contribution >= 4 is 22.9 Å². The highest BCUT2D eigenvalue weighted by Crippen LogP contribution is 2.36. The number of aromatic nitrogens is 3.